The molecule has 1 fully saturated rings. The Kier molecular flexibility index (Phi) is 4.99. The molecule has 1 aliphatic heterocycles. The fourth-order valence-corrected chi connectivity index (χ4v) is 2.90. The number of amides is 1. The van der Waals surface area contributed by atoms with Crippen molar-refractivity contribution in [3.8, 4) is 0 Å². The number of aliphatic carboxylic acids is 1. The third-order valence-electron chi connectivity index (χ3n) is 4.32. The van der Waals surface area contributed by atoms with Gasteiger partial charge in [-0.15, -0.1) is 0 Å². The van der Waals surface area contributed by atoms with E-state index in [0.29, 0.717) is 25.9 Å². The fourth-order valence-electron chi connectivity index (χ4n) is 2.90. The summed E-state index contributed by atoms with van der Waals surface area (Å²) in [6.07, 6.45) is 1.80. The van der Waals surface area contributed by atoms with Crippen LogP contribution in [0.1, 0.15) is 30.9 Å². The highest BCUT2D eigenvalue weighted by Crippen LogP contribution is 2.24. The number of carbonyl (C=O) groups is 2. The molecule has 0 aliphatic carbocycles. The zero-order valence-electron chi connectivity index (χ0n) is 12.7. The second kappa shape index (κ2) is 6.74. The maximum atomic E-state index is 12.2. The van der Waals surface area contributed by atoms with E-state index in [9.17, 15) is 9.59 Å². The first-order valence-corrected chi connectivity index (χ1v) is 7.53. The predicted molar refractivity (Wildman–Crippen MR) is 81.0 cm³/mol. The van der Waals surface area contributed by atoms with Crippen LogP contribution in [0, 0.1) is 18.8 Å². The van der Waals surface area contributed by atoms with Gasteiger partial charge in [0, 0.05) is 19.5 Å². The predicted octanol–water partition coefficient (Wildman–Crippen LogP) is 2.50. The average molecular weight is 289 g/mol. The smallest absolute Gasteiger partial charge is 0.306 e. The van der Waals surface area contributed by atoms with Crippen LogP contribution in [0.25, 0.3) is 0 Å². The molecule has 0 aromatic heterocycles. The summed E-state index contributed by atoms with van der Waals surface area (Å²) in [4.78, 5) is 25.1. The Morgan fingerprint density at radius 1 is 1.29 bits per heavy atom. The van der Waals surface area contributed by atoms with Gasteiger partial charge in [-0.1, -0.05) is 36.8 Å². The standard InChI is InChI=1S/C17H23NO3/c1-12-3-5-14(6-4-12)7-8-16(19)18-10-9-15(17(20)21)13(2)11-18/h3-6,13,15H,7-11H2,1-2H3,(H,20,21). The number of rotatable bonds is 4. The fraction of sp³-hybridized carbons (Fsp3) is 0.529. The van der Waals surface area contributed by atoms with Gasteiger partial charge in [-0.3, -0.25) is 9.59 Å². The molecule has 0 bridgehead atoms. The first-order valence-electron chi connectivity index (χ1n) is 7.53. The molecule has 0 saturated carbocycles. The maximum Gasteiger partial charge on any atom is 0.306 e. The van der Waals surface area contributed by atoms with Gasteiger partial charge in [-0.2, -0.15) is 0 Å². The van der Waals surface area contributed by atoms with E-state index in [1.807, 2.05) is 18.7 Å². The van der Waals surface area contributed by atoms with Crippen molar-refractivity contribution in [3.05, 3.63) is 35.4 Å². The quantitative estimate of drug-likeness (QED) is 0.926. The van der Waals surface area contributed by atoms with Crippen LogP contribution in [0.2, 0.25) is 0 Å². The first-order chi connectivity index (χ1) is 9.97. The van der Waals surface area contributed by atoms with Crippen molar-refractivity contribution in [2.45, 2.75) is 33.1 Å². The van der Waals surface area contributed by atoms with E-state index in [-0.39, 0.29) is 17.7 Å². The second-order valence-corrected chi connectivity index (χ2v) is 6.04. The Morgan fingerprint density at radius 2 is 1.95 bits per heavy atom. The Bertz CT molecular complexity index is 509. The minimum atomic E-state index is -0.741. The summed E-state index contributed by atoms with van der Waals surface area (Å²) in [5.41, 5.74) is 2.39. The molecule has 2 unspecified atom stereocenters. The molecule has 0 radical (unpaired) electrons. The van der Waals surface area contributed by atoms with Crippen molar-refractivity contribution < 1.29 is 14.7 Å². The van der Waals surface area contributed by atoms with Crippen molar-refractivity contribution in [3.63, 3.8) is 0 Å². The number of carboxylic acid groups (broad SMARTS) is 1. The molecule has 1 aliphatic rings. The summed E-state index contributed by atoms with van der Waals surface area (Å²) >= 11 is 0. The molecule has 2 atom stereocenters. The van der Waals surface area contributed by atoms with Crippen LogP contribution in [0.15, 0.2) is 24.3 Å². The third kappa shape index (κ3) is 4.06. The van der Waals surface area contributed by atoms with E-state index in [1.54, 1.807) is 0 Å². The Balaban J connectivity index is 1.84. The van der Waals surface area contributed by atoms with Gasteiger partial charge in [-0.05, 0) is 31.2 Å². The number of benzene rings is 1. The highest BCUT2D eigenvalue weighted by molar-refractivity contribution is 5.77. The van der Waals surface area contributed by atoms with Crippen molar-refractivity contribution in [2.24, 2.45) is 11.8 Å². The van der Waals surface area contributed by atoms with E-state index in [2.05, 4.69) is 24.3 Å². The molecule has 4 nitrogen and oxygen atoms in total. The number of nitrogens with zero attached hydrogens (tertiary/aromatic N) is 1. The maximum absolute atomic E-state index is 12.2. The molecule has 1 aromatic carbocycles. The minimum Gasteiger partial charge on any atom is -0.481 e. The summed E-state index contributed by atoms with van der Waals surface area (Å²) in [7, 11) is 0. The van der Waals surface area contributed by atoms with Gasteiger partial charge in [-0.25, -0.2) is 0 Å². The van der Waals surface area contributed by atoms with Crippen LogP contribution in [0.3, 0.4) is 0 Å². The molecule has 2 rings (SSSR count). The molecule has 21 heavy (non-hydrogen) atoms. The number of hydrogen-bond acceptors (Lipinski definition) is 2. The van der Waals surface area contributed by atoms with Crippen LogP contribution < -0.4 is 0 Å². The Morgan fingerprint density at radius 3 is 2.52 bits per heavy atom. The SMILES string of the molecule is Cc1ccc(CCC(=O)N2CCC(C(=O)O)C(C)C2)cc1. The van der Waals surface area contributed by atoms with E-state index >= 15 is 0 Å². The molecular formula is C17H23NO3. The number of aryl methyl sites for hydroxylation is 2. The zero-order valence-corrected chi connectivity index (χ0v) is 12.7. The van der Waals surface area contributed by atoms with E-state index in [1.165, 1.54) is 11.1 Å². The van der Waals surface area contributed by atoms with Crippen molar-refractivity contribution in [1.29, 1.82) is 0 Å². The highest BCUT2D eigenvalue weighted by Gasteiger charge is 2.32. The van der Waals surface area contributed by atoms with Crippen LogP contribution in [0.5, 0.6) is 0 Å². The van der Waals surface area contributed by atoms with Gasteiger partial charge in [0.15, 0.2) is 0 Å². The summed E-state index contributed by atoms with van der Waals surface area (Å²) in [6.45, 7) is 5.08. The van der Waals surface area contributed by atoms with Crippen molar-refractivity contribution in [2.75, 3.05) is 13.1 Å². The number of piperidine rings is 1. The zero-order chi connectivity index (χ0) is 15.4. The van der Waals surface area contributed by atoms with Crippen LogP contribution in [-0.2, 0) is 16.0 Å². The van der Waals surface area contributed by atoms with Gasteiger partial charge < -0.3 is 10.0 Å². The number of carboxylic acids is 1. The molecule has 1 aromatic rings. The van der Waals surface area contributed by atoms with Crippen LogP contribution in [0.4, 0.5) is 0 Å². The molecular weight excluding hydrogens is 266 g/mol. The number of hydrogen-bond donors (Lipinski definition) is 1. The third-order valence-corrected chi connectivity index (χ3v) is 4.32. The molecule has 114 valence electrons. The van der Waals surface area contributed by atoms with Crippen molar-refractivity contribution in [1.82, 2.24) is 4.90 Å². The topological polar surface area (TPSA) is 57.6 Å². The Labute approximate surface area is 125 Å². The summed E-state index contributed by atoms with van der Waals surface area (Å²) in [5, 5.41) is 9.10. The lowest BCUT2D eigenvalue weighted by atomic mass is 9.87. The second-order valence-electron chi connectivity index (χ2n) is 6.04. The van der Waals surface area contributed by atoms with Gasteiger partial charge in [0.1, 0.15) is 0 Å². The van der Waals surface area contributed by atoms with Gasteiger partial charge in [0.2, 0.25) is 5.91 Å². The lowest BCUT2D eigenvalue weighted by molar-refractivity contribution is -0.148. The summed E-state index contributed by atoms with van der Waals surface area (Å²) in [5.74, 6) is -0.897. The largest absolute Gasteiger partial charge is 0.481 e. The van der Waals surface area contributed by atoms with Gasteiger partial charge in [0.05, 0.1) is 5.92 Å². The van der Waals surface area contributed by atoms with Gasteiger partial charge in [0.25, 0.3) is 0 Å². The Hall–Kier alpha value is -1.84. The first kappa shape index (κ1) is 15.5. The normalized spacial score (nSPS) is 22.1. The van der Waals surface area contributed by atoms with Gasteiger partial charge >= 0.3 is 5.97 Å². The van der Waals surface area contributed by atoms with Crippen LogP contribution in [-0.4, -0.2) is 35.0 Å². The monoisotopic (exact) mass is 289 g/mol. The molecule has 1 N–H and O–H groups in total. The molecule has 0 spiro atoms. The molecule has 1 amide bonds. The highest BCUT2D eigenvalue weighted by atomic mass is 16.4. The minimum absolute atomic E-state index is 0.0274. The molecule has 4 heteroatoms. The lowest BCUT2D eigenvalue weighted by Gasteiger charge is -2.35. The summed E-state index contributed by atoms with van der Waals surface area (Å²) in [6, 6.07) is 8.23. The van der Waals surface area contributed by atoms with E-state index in [0.717, 1.165) is 6.42 Å². The summed E-state index contributed by atoms with van der Waals surface area (Å²) < 4.78 is 0. The van der Waals surface area contributed by atoms with Crippen molar-refractivity contribution >= 4 is 11.9 Å². The van der Waals surface area contributed by atoms with E-state index < -0.39 is 5.97 Å². The average Bonchev–Trinajstić information content (AvgIpc) is 2.45. The van der Waals surface area contributed by atoms with E-state index in [4.69, 9.17) is 5.11 Å². The molecule has 1 heterocycles. The van der Waals surface area contributed by atoms with Crippen LogP contribution >= 0.6 is 0 Å². The molecule has 1 saturated heterocycles. The number of carbonyl (C=O) groups excluding carboxylic acids is 1. The lowest BCUT2D eigenvalue weighted by Crippen LogP contribution is -2.45. The number of likely N-dealkylation sites (tertiary alicyclic amines) is 1.